The van der Waals surface area contributed by atoms with Crippen molar-refractivity contribution in [3.8, 4) is 0 Å². The molecule has 7 nitrogen and oxygen atoms in total. The van der Waals surface area contributed by atoms with Gasteiger partial charge in [0, 0.05) is 13.1 Å². The molecule has 1 aliphatic heterocycles. The fourth-order valence-corrected chi connectivity index (χ4v) is 3.11. The number of aromatic nitrogens is 3. The lowest BCUT2D eigenvalue weighted by Crippen LogP contribution is -2.43. The second-order valence-electron chi connectivity index (χ2n) is 4.89. The zero-order chi connectivity index (χ0) is 14.7. The molecule has 0 aromatic carbocycles. The molecule has 110 valence electrons. The maximum Gasteiger partial charge on any atom is 0.263 e. The van der Waals surface area contributed by atoms with E-state index in [-0.39, 0.29) is 17.7 Å². The normalized spacial score (nSPS) is 18.5. The minimum absolute atomic E-state index is 0.00200. The summed E-state index contributed by atoms with van der Waals surface area (Å²) >= 11 is 1.42. The largest absolute Gasteiger partial charge is 0.337 e. The Morgan fingerprint density at radius 1 is 1.48 bits per heavy atom. The van der Waals surface area contributed by atoms with Crippen molar-refractivity contribution in [1.82, 2.24) is 20.1 Å². The van der Waals surface area contributed by atoms with Crippen LogP contribution in [0.2, 0.25) is 0 Å². The van der Waals surface area contributed by atoms with Gasteiger partial charge in [-0.3, -0.25) is 14.9 Å². The van der Waals surface area contributed by atoms with Crippen LogP contribution in [0.25, 0.3) is 0 Å². The van der Waals surface area contributed by atoms with E-state index in [4.69, 9.17) is 0 Å². The smallest absolute Gasteiger partial charge is 0.263 e. The SMILES string of the molecule is O=C(Nc1ncn[nH]1)C1CCCN(C(=O)c2cccs2)C1. The number of piperidine rings is 1. The van der Waals surface area contributed by atoms with Crippen molar-refractivity contribution in [2.45, 2.75) is 12.8 Å². The van der Waals surface area contributed by atoms with Crippen molar-refractivity contribution >= 4 is 29.1 Å². The molecule has 3 heterocycles. The maximum atomic E-state index is 12.3. The van der Waals surface area contributed by atoms with Crippen LogP contribution in [0.4, 0.5) is 5.95 Å². The Balaban J connectivity index is 1.63. The van der Waals surface area contributed by atoms with Gasteiger partial charge in [-0.05, 0) is 24.3 Å². The van der Waals surface area contributed by atoms with Gasteiger partial charge in [-0.2, -0.15) is 10.1 Å². The number of nitrogens with zero attached hydrogens (tertiary/aromatic N) is 3. The van der Waals surface area contributed by atoms with Crippen LogP contribution < -0.4 is 5.32 Å². The lowest BCUT2D eigenvalue weighted by atomic mass is 9.97. The number of carbonyl (C=O) groups excluding carboxylic acids is 2. The van der Waals surface area contributed by atoms with Crippen LogP contribution in [0.1, 0.15) is 22.5 Å². The molecule has 2 aromatic rings. The van der Waals surface area contributed by atoms with Gasteiger partial charge in [0.1, 0.15) is 6.33 Å². The van der Waals surface area contributed by atoms with Gasteiger partial charge in [-0.1, -0.05) is 6.07 Å². The van der Waals surface area contributed by atoms with Gasteiger partial charge < -0.3 is 4.90 Å². The molecule has 3 rings (SSSR count). The van der Waals surface area contributed by atoms with Crippen molar-refractivity contribution in [2.24, 2.45) is 5.92 Å². The van der Waals surface area contributed by atoms with E-state index in [1.165, 1.54) is 17.7 Å². The van der Waals surface area contributed by atoms with Gasteiger partial charge in [0.25, 0.3) is 5.91 Å². The number of carbonyl (C=O) groups is 2. The van der Waals surface area contributed by atoms with Gasteiger partial charge in [0.05, 0.1) is 10.8 Å². The molecule has 0 radical (unpaired) electrons. The summed E-state index contributed by atoms with van der Waals surface area (Å²) in [5.74, 6) is -0.00735. The average Bonchev–Trinajstić information content (AvgIpc) is 3.20. The van der Waals surface area contributed by atoms with E-state index < -0.39 is 0 Å². The van der Waals surface area contributed by atoms with Crippen molar-refractivity contribution in [3.05, 3.63) is 28.7 Å². The van der Waals surface area contributed by atoms with Crippen LogP contribution in [-0.2, 0) is 4.79 Å². The number of amides is 2. The summed E-state index contributed by atoms with van der Waals surface area (Å²) in [7, 11) is 0. The van der Waals surface area contributed by atoms with Crippen molar-refractivity contribution in [2.75, 3.05) is 18.4 Å². The molecular formula is C13H15N5O2S. The molecule has 8 heteroatoms. The lowest BCUT2D eigenvalue weighted by Gasteiger charge is -2.31. The molecule has 1 aliphatic rings. The van der Waals surface area contributed by atoms with E-state index in [0.29, 0.717) is 23.9 Å². The van der Waals surface area contributed by atoms with E-state index in [9.17, 15) is 9.59 Å². The summed E-state index contributed by atoms with van der Waals surface area (Å²) in [4.78, 5) is 30.8. The van der Waals surface area contributed by atoms with Crippen LogP contribution in [0.5, 0.6) is 0 Å². The second-order valence-corrected chi connectivity index (χ2v) is 5.84. The first kappa shape index (κ1) is 13.7. The predicted octanol–water partition coefficient (Wildman–Crippen LogP) is 1.36. The van der Waals surface area contributed by atoms with E-state index >= 15 is 0 Å². The standard InChI is InChI=1S/C13H15N5O2S/c19-11(16-13-14-8-15-17-13)9-3-1-5-18(7-9)12(20)10-4-2-6-21-10/h2,4,6,8-9H,1,3,5,7H2,(H2,14,15,16,17,19). The Morgan fingerprint density at radius 2 is 2.38 bits per heavy atom. The summed E-state index contributed by atoms with van der Waals surface area (Å²) < 4.78 is 0. The molecule has 1 saturated heterocycles. The predicted molar refractivity (Wildman–Crippen MR) is 78.0 cm³/mol. The molecular weight excluding hydrogens is 290 g/mol. The number of hydrogen-bond acceptors (Lipinski definition) is 5. The highest BCUT2D eigenvalue weighted by Crippen LogP contribution is 2.21. The van der Waals surface area contributed by atoms with E-state index in [1.807, 2.05) is 17.5 Å². The average molecular weight is 305 g/mol. The molecule has 0 aliphatic carbocycles. The van der Waals surface area contributed by atoms with Crippen LogP contribution >= 0.6 is 11.3 Å². The number of rotatable bonds is 3. The van der Waals surface area contributed by atoms with E-state index in [2.05, 4.69) is 20.5 Å². The number of hydrogen-bond donors (Lipinski definition) is 2. The number of H-pyrrole nitrogens is 1. The topological polar surface area (TPSA) is 91.0 Å². The molecule has 2 aromatic heterocycles. The third-order valence-electron chi connectivity index (χ3n) is 3.47. The number of likely N-dealkylation sites (tertiary alicyclic amines) is 1. The summed E-state index contributed by atoms with van der Waals surface area (Å²) in [6.45, 7) is 1.14. The maximum absolute atomic E-state index is 12.3. The highest BCUT2D eigenvalue weighted by Gasteiger charge is 2.29. The van der Waals surface area contributed by atoms with Crippen molar-refractivity contribution in [1.29, 1.82) is 0 Å². The van der Waals surface area contributed by atoms with Gasteiger partial charge in [-0.25, -0.2) is 5.10 Å². The summed E-state index contributed by atoms with van der Waals surface area (Å²) in [5, 5.41) is 10.8. The third kappa shape index (κ3) is 3.10. The van der Waals surface area contributed by atoms with Gasteiger partial charge >= 0.3 is 0 Å². The monoisotopic (exact) mass is 305 g/mol. The highest BCUT2D eigenvalue weighted by molar-refractivity contribution is 7.12. The fraction of sp³-hybridized carbons (Fsp3) is 0.385. The van der Waals surface area contributed by atoms with Crippen molar-refractivity contribution < 1.29 is 9.59 Å². The molecule has 2 N–H and O–H groups in total. The molecule has 0 bridgehead atoms. The quantitative estimate of drug-likeness (QED) is 0.895. The van der Waals surface area contributed by atoms with E-state index in [1.54, 1.807) is 4.90 Å². The highest BCUT2D eigenvalue weighted by atomic mass is 32.1. The Morgan fingerprint density at radius 3 is 3.10 bits per heavy atom. The summed E-state index contributed by atoms with van der Waals surface area (Å²) in [6.07, 6.45) is 2.93. The molecule has 2 amide bonds. The molecule has 0 spiro atoms. The lowest BCUT2D eigenvalue weighted by molar-refractivity contribution is -0.121. The Hall–Kier alpha value is -2.22. The van der Waals surface area contributed by atoms with Crippen LogP contribution in [0, 0.1) is 5.92 Å². The number of thiophene rings is 1. The molecule has 1 unspecified atom stereocenters. The zero-order valence-electron chi connectivity index (χ0n) is 11.3. The van der Waals surface area contributed by atoms with Gasteiger partial charge in [-0.15, -0.1) is 11.3 Å². The molecule has 1 atom stereocenters. The van der Waals surface area contributed by atoms with Crippen LogP contribution in [0.3, 0.4) is 0 Å². The van der Waals surface area contributed by atoms with Crippen molar-refractivity contribution in [3.63, 3.8) is 0 Å². The first-order valence-electron chi connectivity index (χ1n) is 6.73. The first-order chi connectivity index (χ1) is 10.2. The second kappa shape index (κ2) is 6.04. The first-order valence-corrected chi connectivity index (χ1v) is 7.61. The summed E-state index contributed by atoms with van der Waals surface area (Å²) in [5.41, 5.74) is 0. The van der Waals surface area contributed by atoms with Gasteiger partial charge in [0.15, 0.2) is 0 Å². The molecule has 1 fully saturated rings. The van der Waals surface area contributed by atoms with Crippen LogP contribution in [0.15, 0.2) is 23.8 Å². The molecule has 0 saturated carbocycles. The Bertz CT molecular complexity index is 611. The minimum atomic E-state index is -0.215. The van der Waals surface area contributed by atoms with Gasteiger partial charge in [0.2, 0.25) is 11.9 Å². The zero-order valence-corrected chi connectivity index (χ0v) is 12.1. The number of nitrogens with one attached hydrogen (secondary N) is 2. The Kier molecular flexibility index (Phi) is 3.96. The molecule has 21 heavy (non-hydrogen) atoms. The van der Waals surface area contributed by atoms with E-state index in [0.717, 1.165) is 12.8 Å². The number of anilines is 1. The minimum Gasteiger partial charge on any atom is -0.337 e. The fourth-order valence-electron chi connectivity index (χ4n) is 2.42. The summed E-state index contributed by atoms with van der Waals surface area (Å²) in [6, 6.07) is 3.67. The van der Waals surface area contributed by atoms with Crippen LogP contribution in [-0.4, -0.2) is 45.0 Å². The Labute approximate surface area is 125 Å². The number of aromatic amines is 1. The third-order valence-corrected chi connectivity index (χ3v) is 4.33.